The van der Waals surface area contributed by atoms with Crippen molar-refractivity contribution in [2.24, 2.45) is 0 Å². The number of ether oxygens (including phenoxy) is 1. The Morgan fingerprint density at radius 3 is 2.79 bits per heavy atom. The summed E-state index contributed by atoms with van der Waals surface area (Å²) in [7, 11) is 1.58. The normalized spacial score (nSPS) is 10.9. The van der Waals surface area contributed by atoms with Crippen molar-refractivity contribution in [1.82, 2.24) is 19.4 Å². The summed E-state index contributed by atoms with van der Waals surface area (Å²) in [5, 5.41) is 3.75. The number of amides is 1. The van der Waals surface area contributed by atoms with Gasteiger partial charge in [0, 0.05) is 41.9 Å². The summed E-state index contributed by atoms with van der Waals surface area (Å²) >= 11 is 0. The third-order valence-electron chi connectivity index (χ3n) is 3.66. The smallest absolute Gasteiger partial charge is 0.278 e. The molecule has 0 radical (unpaired) electrons. The van der Waals surface area contributed by atoms with Crippen LogP contribution in [0.5, 0.6) is 5.88 Å². The summed E-state index contributed by atoms with van der Waals surface area (Å²) < 4.78 is 6.86. The zero-order valence-corrected chi connectivity index (χ0v) is 12.8. The molecule has 7 heteroatoms. The van der Waals surface area contributed by atoms with Gasteiger partial charge < -0.3 is 14.5 Å². The number of carbonyl (C=O) groups is 1. The second-order valence-corrected chi connectivity index (χ2v) is 5.15. The Hall–Kier alpha value is -3.48. The largest absolute Gasteiger partial charge is 0.481 e. The molecule has 0 atom stereocenters. The third kappa shape index (κ3) is 2.41. The van der Waals surface area contributed by atoms with E-state index in [9.17, 15) is 4.79 Å². The van der Waals surface area contributed by atoms with E-state index < -0.39 is 0 Å². The van der Waals surface area contributed by atoms with Crippen LogP contribution in [0, 0.1) is 0 Å². The summed E-state index contributed by atoms with van der Waals surface area (Å²) in [6.07, 6.45) is 6.71. The Kier molecular flexibility index (Phi) is 3.31. The molecule has 0 unspecified atom stereocenters. The number of nitrogens with zero attached hydrogens (tertiary/aromatic N) is 4. The van der Waals surface area contributed by atoms with Crippen LogP contribution in [-0.2, 0) is 0 Å². The van der Waals surface area contributed by atoms with Gasteiger partial charge in [-0.3, -0.25) is 4.79 Å². The molecule has 0 spiro atoms. The number of anilines is 1. The molecule has 0 aliphatic carbocycles. The number of carbonyl (C=O) groups excluding carboxylic acids is 1. The zero-order valence-electron chi connectivity index (χ0n) is 12.8. The van der Waals surface area contributed by atoms with Gasteiger partial charge in [0.1, 0.15) is 0 Å². The first-order chi connectivity index (χ1) is 11.7. The van der Waals surface area contributed by atoms with E-state index in [2.05, 4.69) is 20.3 Å². The van der Waals surface area contributed by atoms with Crippen molar-refractivity contribution in [2.45, 2.75) is 0 Å². The highest BCUT2D eigenvalue weighted by molar-refractivity contribution is 6.07. The van der Waals surface area contributed by atoms with Crippen molar-refractivity contribution in [1.29, 1.82) is 0 Å². The fraction of sp³-hybridized carbons (Fsp3) is 0.0588. The highest BCUT2D eigenvalue weighted by Crippen LogP contribution is 2.21. The van der Waals surface area contributed by atoms with Crippen molar-refractivity contribution in [3.05, 3.63) is 60.8 Å². The number of imidazole rings is 1. The molecule has 1 N–H and O–H groups in total. The lowest BCUT2D eigenvalue weighted by Gasteiger charge is -2.07. The molecule has 0 saturated carbocycles. The quantitative estimate of drug-likeness (QED) is 0.627. The number of hydrogen-bond donors (Lipinski definition) is 1. The monoisotopic (exact) mass is 319 g/mol. The van der Waals surface area contributed by atoms with Gasteiger partial charge in [0.25, 0.3) is 5.91 Å². The molecule has 4 rings (SSSR count). The van der Waals surface area contributed by atoms with Crippen LogP contribution >= 0.6 is 0 Å². The fourth-order valence-corrected chi connectivity index (χ4v) is 2.50. The molecule has 1 amide bonds. The predicted octanol–water partition coefficient (Wildman–Crippen LogP) is 2.54. The van der Waals surface area contributed by atoms with Gasteiger partial charge in [-0.05, 0) is 24.3 Å². The summed E-state index contributed by atoms with van der Waals surface area (Å²) in [4.78, 5) is 25.1. The van der Waals surface area contributed by atoms with Crippen LogP contribution in [0.4, 0.5) is 5.69 Å². The van der Waals surface area contributed by atoms with Crippen LogP contribution in [0.15, 0.2) is 55.1 Å². The van der Waals surface area contributed by atoms with Crippen LogP contribution in [0.1, 0.15) is 10.5 Å². The Morgan fingerprint density at radius 2 is 1.96 bits per heavy atom. The lowest BCUT2D eigenvalue weighted by Crippen LogP contribution is -2.15. The molecule has 1 aromatic carbocycles. The van der Waals surface area contributed by atoms with Gasteiger partial charge in [-0.2, -0.15) is 0 Å². The second-order valence-electron chi connectivity index (χ2n) is 5.15. The van der Waals surface area contributed by atoms with Gasteiger partial charge in [0.2, 0.25) is 5.88 Å². The predicted molar refractivity (Wildman–Crippen MR) is 89.2 cm³/mol. The summed E-state index contributed by atoms with van der Waals surface area (Å²) in [5.74, 6) is 0.238. The Labute approximate surface area is 137 Å². The standard InChI is InChI=1S/C17H13N5O2/c1-24-14-5-2-11-10-12(3-4-13(11)21-14)20-17(23)15-16-19-7-9-22(16)8-6-18-15/h2-10H,1H3,(H,20,23). The van der Waals surface area contributed by atoms with Crippen molar-refractivity contribution in [3.8, 4) is 5.88 Å². The van der Waals surface area contributed by atoms with E-state index in [1.54, 1.807) is 48.4 Å². The number of rotatable bonds is 3. The summed E-state index contributed by atoms with van der Waals surface area (Å²) in [6.45, 7) is 0. The number of hydrogen-bond acceptors (Lipinski definition) is 5. The molecule has 0 bridgehead atoms. The summed E-state index contributed by atoms with van der Waals surface area (Å²) in [6, 6.07) is 9.14. The van der Waals surface area contributed by atoms with Crippen molar-refractivity contribution < 1.29 is 9.53 Å². The van der Waals surface area contributed by atoms with Gasteiger partial charge in [0.05, 0.1) is 12.6 Å². The molecule has 24 heavy (non-hydrogen) atoms. The van der Waals surface area contributed by atoms with Crippen molar-refractivity contribution in [3.63, 3.8) is 0 Å². The maximum atomic E-state index is 12.5. The molecule has 0 saturated heterocycles. The average molecular weight is 319 g/mol. The van der Waals surface area contributed by atoms with Crippen molar-refractivity contribution in [2.75, 3.05) is 12.4 Å². The van der Waals surface area contributed by atoms with Crippen LogP contribution in [-0.4, -0.2) is 32.4 Å². The van der Waals surface area contributed by atoms with Crippen molar-refractivity contribution >= 4 is 28.1 Å². The molecule has 118 valence electrons. The number of pyridine rings is 1. The minimum Gasteiger partial charge on any atom is -0.481 e. The first-order valence-electron chi connectivity index (χ1n) is 7.28. The van der Waals surface area contributed by atoms with Gasteiger partial charge in [-0.15, -0.1) is 0 Å². The van der Waals surface area contributed by atoms with E-state index in [0.29, 0.717) is 17.2 Å². The number of methoxy groups -OCH3 is 1. The van der Waals surface area contributed by atoms with Gasteiger partial charge >= 0.3 is 0 Å². The van der Waals surface area contributed by atoms with Crippen LogP contribution in [0.25, 0.3) is 16.6 Å². The number of aromatic nitrogens is 4. The Bertz CT molecular complexity index is 1060. The summed E-state index contributed by atoms with van der Waals surface area (Å²) in [5.41, 5.74) is 2.24. The minimum absolute atomic E-state index is 0.274. The Balaban J connectivity index is 1.66. The number of benzene rings is 1. The molecule has 4 aromatic rings. The second kappa shape index (κ2) is 5.62. The molecule has 0 aliphatic heterocycles. The maximum Gasteiger partial charge on any atom is 0.278 e. The molecule has 3 aromatic heterocycles. The van der Waals surface area contributed by atoms with Gasteiger partial charge in [-0.25, -0.2) is 15.0 Å². The molecule has 0 fully saturated rings. The van der Waals surface area contributed by atoms with Crippen LogP contribution in [0.3, 0.4) is 0 Å². The van der Waals surface area contributed by atoms with Gasteiger partial charge in [-0.1, -0.05) is 0 Å². The molecular formula is C17H13N5O2. The van der Waals surface area contributed by atoms with E-state index in [4.69, 9.17) is 4.74 Å². The van der Waals surface area contributed by atoms with E-state index in [1.165, 1.54) is 0 Å². The molecular weight excluding hydrogens is 306 g/mol. The molecule has 7 nitrogen and oxygen atoms in total. The van der Waals surface area contributed by atoms with Gasteiger partial charge in [0.15, 0.2) is 11.3 Å². The Morgan fingerprint density at radius 1 is 1.12 bits per heavy atom. The highest BCUT2D eigenvalue weighted by Gasteiger charge is 2.13. The number of fused-ring (bicyclic) bond motifs is 2. The van der Waals surface area contributed by atoms with E-state index in [1.807, 2.05) is 18.2 Å². The number of nitrogens with one attached hydrogen (secondary N) is 1. The molecule has 3 heterocycles. The SMILES string of the molecule is COc1ccc2cc(NC(=O)c3nccn4ccnc34)ccc2n1. The van der Waals surface area contributed by atoms with E-state index in [0.717, 1.165) is 10.9 Å². The van der Waals surface area contributed by atoms with E-state index in [-0.39, 0.29) is 11.6 Å². The molecule has 0 aliphatic rings. The lowest BCUT2D eigenvalue weighted by atomic mass is 10.2. The zero-order chi connectivity index (χ0) is 16.5. The van der Waals surface area contributed by atoms with Crippen LogP contribution < -0.4 is 10.1 Å². The topological polar surface area (TPSA) is 81.4 Å². The first kappa shape index (κ1) is 14.1. The van der Waals surface area contributed by atoms with Crippen LogP contribution in [0.2, 0.25) is 0 Å². The highest BCUT2D eigenvalue weighted by atomic mass is 16.5. The minimum atomic E-state index is -0.312. The maximum absolute atomic E-state index is 12.5. The third-order valence-corrected chi connectivity index (χ3v) is 3.66. The average Bonchev–Trinajstić information content (AvgIpc) is 3.09. The fourth-order valence-electron chi connectivity index (χ4n) is 2.50. The lowest BCUT2D eigenvalue weighted by molar-refractivity contribution is 0.102. The van der Waals surface area contributed by atoms with E-state index >= 15 is 0 Å². The first-order valence-corrected chi connectivity index (χ1v) is 7.28.